The van der Waals surface area contributed by atoms with E-state index in [4.69, 9.17) is 5.84 Å². The van der Waals surface area contributed by atoms with Gasteiger partial charge in [0.2, 0.25) is 0 Å². The Labute approximate surface area is 134 Å². The van der Waals surface area contributed by atoms with E-state index >= 15 is 0 Å². The van der Waals surface area contributed by atoms with Crippen molar-refractivity contribution in [3.05, 3.63) is 33.8 Å². The van der Waals surface area contributed by atoms with Crippen molar-refractivity contribution in [2.45, 2.75) is 25.4 Å². The first-order chi connectivity index (χ1) is 10.0. The van der Waals surface area contributed by atoms with Crippen molar-refractivity contribution in [1.82, 2.24) is 15.2 Å². The SMILES string of the molecule is CN(Cc1ccc(C(=O)NN)cc1Br)CC1CCCN1C. The van der Waals surface area contributed by atoms with Crippen LogP contribution in [0.5, 0.6) is 0 Å². The number of likely N-dealkylation sites (N-methyl/N-ethyl adjacent to an activating group) is 2. The van der Waals surface area contributed by atoms with Crippen LogP contribution in [-0.4, -0.2) is 48.9 Å². The molecule has 0 saturated carbocycles. The average Bonchev–Trinajstić information content (AvgIpc) is 2.85. The third-order valence-corrected chi connectivity index (χ3v) is 4.82. The molecule has 0 aromatic heterocycles. The highest BCUT2D eigenvalue weighted by molar-refractivity contribution is 9.10. The number of halogens is 1. The van der Waals surface area contributed by atoms with Gasteiger partial charge in [-0.2, -0.15) is 0 Å². The van der Waals surface area contributed by atoms with Gasteiger partial charge in [-0.05, 0) is 51.2 Å². The number of hydrogen-bond donors (Lipinski definition) is 2. The highest BCUT2D eigenvalue weighted by Gasteiger charge is 2.22. The molecule has 0 aliphatic carbocycles. The van der Waals surface area contributed by atoms with E-state index in [1.54, 1.807) is 6.07 Å². The summed E-state index contributed by atoms with van der Waals surface area (Å²) < 4.78 is 0.940. The van der Waals surface area contributed by atoms with Crippen LogP contribution < -0.4 is 11.3 Å². The number of rotatable bonds is 5. The molecule has 1 fully saturated rings. The third-order valence-electron chi connectivity index (χ3n) is 4.08. The molecule has 6 heteroatoms. The van der Waals surface area contributed by atoms with Crippen LogP contribution in [0.15, 0.2) is 22.7 Å². The molecule has 1 aromatic carbocycles. The fourth-order valence-corrected chi connectivity index (χ4v) is 3.33. The van der Waals surface area contributed by atoms with Crippen LogP contribution in [0, 0.1) is 0 Å². The summed E-state index contributed by atoms with van der Waals surface area (Å²) in [6.45, 7) is 3.12. The number of hydrazine groups is 1. The van der Waals surface area contributed by atoms with Gasteiger partial charge in [0.05, 0.1) is 0 Å². The summed E-state index contributed by atoms with van der Waals surface area (Å²) in [7, 11) is 4.33. The Balaban J connectivity index is 1.97. The van der Waals surface area contributed by atoms with Crippen molar-refractivity contribution < 1.29 is 4.79 Å². The number of nitrogen functional groups attached to an aromatic ring is 1. The second-order valence-electron chi connectivity index (χ2n) is 5.75. The minimum Gasteiger partial charge on any atom is -0.302 e. The van der Waals surface area contributed by atoms with Crippen molar-refractivity contribution >= 4 is 21.8 Å². The predicted molar refractivity (Wildman–Crippen MR) is 87.8 cm³/mol. The number of benzene rings is 1. The summed E-state index contributed by atoms with van der Waals surface area (Å²) >= 11 is 3.54. The first-order valence-electron chi connectivity index (χ1n) is 7.19. The second kappa shape index (κ2) is 7.35. The maximum Gasteiger partial charge on any atom is 0.265 e. The van der Waals surface area contributed by atoms with Gasteiger partial charge in [0.1, 0.15) is 0 Å². The molecule has 1 aromatic rings. The molecular weight excluding hydrogens is 332 g/mol. The number of likely N-dealkylation sites (tertiary alicyclic amines) is 1. The van der Waals surface area contributed by atoms with Crippen molar-refractivity contribution in [2.24, 2.45) is 5.84 Å². The lowest BCUT2D eigenvalue weighted by atomic mass is 10.1. The van der Waals surface area contributed by atoms with Gasteiger partial charge in [-0.3, -0.25) is 10.2 Å². The number of carbonyl (C=O) groups is 1. The van der Waals surface area contributed by atoms with Crippen molar-refractivity contribution in [1.29, 1.82) is 0 Å². The number of amides is 1. The van der Waals surface area contributed by atoms with E-state index in [1.165, 1.54) is 24.9 Å². The Morgan fingerprint density at radius 2 is 2.33 bits per heavy atom. The topological polar surface area (TPSA) is 61.6 Å². The highest BCUT2D eigenvalue weighted by Crippen LogP contribution is 2.21. The van der Waals surface area contributed by atoms with Gasteiger partial charge in [-0.1, -0.05) is 22.0 Å². The van der Waals surface area contributed by atoms with E-state index in [-0.39, 0.29) is 5.91 Å². The van der Waals surface area contributed by atoms with E-state index in [0.29, 0.717) is 11.6 Å². The number of nitrogens with two attached hydrogens (primary N) is 1. The summed E-state index contributed by atoms with van der Waals surface area (Å²) in [5.41, 5.74) is 3.88. The van der Waals surface area contributed by atoms with Crippen molar-refractivity contribution in [2.75, 3.05) is 27.2 Å². The number of nitrogens with one attached hydrogen (secondary N) is 1. The summed E-state index contributed by atoms with van der Waals surface area (Å²) in [6.07, 6.45) is 2.57. The highest BCUT2D eigenvalue weighted by atomic mass is 79.9. The standard InChI is InChI=1S/C15H23BrN4O/c1-19(10-13-4-3-7-20(13)2)9-12-6-5-11(8-14(12)16)15(21)18-17/h5-6,8,13H,3-4,7,9-10,17H2,1-2H3,(H,18,21). The monoisotopic (exact) mass is 354 g/mol. The van der Waals surface area contributed by atoms with Crippen LogP contribution in [0.25, 0.3) is 0 Å². The lowest BCUT2D eigenvalue weighted by Gasteiger charge is -2.26. The Morgan fingerprint density at radius 3 is 2.90 bits per heavy atom. The number of hydrogen-bond acceptors (Lipinski definition) is 4. The molecule has 0 spiro atoms. The molecule has 2 rings (SSSR count). The van der Waals surface area contributed by atoms with E-state index in [2.05, 4.69) is 45.3 Å². The van der Waals surface area contributed by atoms with Gasteiger partial charge in [0.25, 0.3) is 5.91 Å². The molecular formula is C15H23BrN4O. The maximum atomic E-state index is 11.5. The molecule has 1 amide bonds. The first-order valence-corrected chi connectivity index (χ1v) is 7.98. The van der Waals surface area contributed by atoms with Gasteiger partial charge in [0.15, 0.2) is 0 Å². The van der Waals surface area contributed by atoms with E-state index in [9.17, 15) is 4.79 Å². The zero-order valence-corrected chi connectivity index (χ0v) is 14.2. The van der Waals surface area contributed by atoms with Crippen LogP contribution in [-0.2, 0) is 6.54 Å². The van der Waals surface area contributed by atoms with Crippen LogP contribution in [0.4, 0.5) is 0 Å². The first kappa shape index (κ1) is 16.4. The second-order valence-corrected chi connectivity index (χ2v) is 6.61. The smallest absolute Gasteiger partial charge is 0.265 e. The van der Waals surface area contributed by atoms with Crippen LogP contribution in [0.2, 0.25) is 0 Å². The largest absolute Gasteiger partial charge is 0.302 e. The predicted octanol–water partition coefficient (Wildman–Crippen LogP) is 1.58. The summed E-state index contributed by atoms with van der Waals surface area (Å²) in [5, 5.41) is 0. The van der Waals surface area contributed by atoms with Gasteiger partial charge in [-0.15, -0.1) is 0 Å². The van der Waals surface area contributed by atoms with Crippen LogP contribution >= 0.6 is 15.9 Å². The summed E-state index contributed by atoms with van der Waals surface area (Å²) in [4.78, 5) is 16.3. The Morgan fingerprint density at radius 1 is 1.57 bits per heavy atom. The molecule has 0 bridgehead atoms. The Kier molecular flexibility index (Phi) is 5.75. The quantitative estimate of drug-likeness (QED) is 0.478. The minimum absolute atomic E-state index is 0.275. The number of carbonyl (C=O) groups excluding carboxylic acids is 1. The molecule has 1 heterocycles. The van der Waals surface area contributed by atoms with E-state index in [1.807, 2.05) is 12.1 Å². The molecule has 0 radical (unpaired) electrons. The van der Waals surface area contributed by atoms with Gasteiger partial charge < -0.3 is 9.80 Å². The van der Waals surface area contributed by atoms with E-state index < -0.39 is 0 Å². The fraction of sp³-hybridized carbons (Fsp3) is 0.533. The molecule has 21 heavy (non-hydrogen) atoms. The zero-order valence-electron chi connectivity index (χ0n) is 12.6. The van der Waals surface area contributed by atoms with E-state index in [0.717, 1.165) is 17.6 Å². The Hall–Kier alpha value is -0.950. The zero-order chi connectivity index (χ0) is 15.4. The van der Waals surface area contributed by atoms with Crippen LogP contribution in [0.3, 0.4) is 0 Å². The molecule has 1 aliphatic heterocycles. The van der Waals surface area contributed by atoms with Gasteiger partial charge in [0, 0.05) is 29.2 Å². The molecule has 1 aliphatic rings. The number of nitrogens with zero attached hydrogens (tertiary/aromatic N) is 2. The summed E-state index contributed by atoms with van der Waals surface area (Å²) in [6, 6.07) is 6.24. The molecule has 1 atom stereocenters. The molecule has 116 valence electrons. The molecule has 1 unspecified atom stereocenters. The average molecular weight is 355 g/mol. The lowest BCUT2D eigenvalue weighted by Crippen LogP contribution is -2.36. The minimum atomic E-state index is -0.275. The fourth-order valence-electron chi connectivity index (χ4n) is 2.83. The molecule has 3 N–H and O–H groups in total. The summed E-state index contributed by atoms with van der Waals surface area (Å²) in [5.74, 6) is 4.87. The molecule has 1 saturated heterocycles. The normalized spacial score (nSPS) is 19.2. The van der Waals surface area contributed by atoms with Gasteiger partial charge >= 0.3 is 0 Å². The van der Waals surface area contributed by atoms with Gasteiger partial charge in [-0.25, -0.2) is 5.84 Å². The van der Waals surface area contributed by atoms with Crippen molar-refractivity contribution in [3.8, 4) is 0 Å². The van der Waals surface area contributed by atoms with Crippen LogP contribution in [0.1, 0.15) is 28.8 Å². The molecule has 5 nitrogen and oxygen atoms in total. The maximum absolute atomic E-state index is 11.5. The Bertz CT molecular complexity index is 508. The van der Waals surface area contributed by atoms with Crippen molar-refractivity contribution in [3.63, 3.8) is 0 Å². The lowest BCUT2D eigenvalue weighted by molar-refractivity contribution is 0.0953. The third kappa shape index (κ3) is 4.26.